The number of amides is 4. The van der Waals surface area contributed by atoms with E-state index < -0.39 is 23.3 Å². The molecule has 0 saturated carbocycles. The van der Waals surface area contributed by atoms with Crippen molar-refractivity contribution in [2.24, 2.45) is 5.41 Å². The fraction of sp³-hybridized carbons (Fsp3) is 0.500. The molecular formula is C10H13N2NaO3. The number of hydrogen-bond acceptors (Lipinski definition) is 3. The molecule has 16 heavy (non-hydrogen) atoms. The zero-order valence-corrected chi connectivity index (χ0v) is 11.7. The molecule has 6 heteroatoms. The first-order valence-corrected chi connectivity index (χ1v) is 4.79. The second kappa shape index (κ2) is 6.18. The molecule has 1 heterocycles. The minimum absolute atomic E-state index is 0. The third kappa shape index (κ3) is 2.72. The van der Waals surface area contributed by atoms with Gasteiger partial charge < -0.3 is 10.6 Å². The van der Waals surface area contributed by atoms with Crippen molar-refractivity contribution in [3.8, 4) is 0 Å². The van der Waals surface area contributed by atoms with E-state index in [1.54, 1.807) is 26.0 Å². The topological polar surface area (TPSA) is 77.3 Å². The van der Waals surface area contributed by atoms with Crippen LogP contribution in [0, 0.1) is 5.41 Å². The van der Waals surface area contributed by atoms with Crippen molar-refractivity contribution in [3.05, 3.63) is 17.5 Å². The average Bonchev–Trinajstić information content (AvgIpc) is 2.17. The number of urea groups is 1. The molecule has 0 aromatic rings. The number of nitrogens with one attached hydrogen (secondary N) is 1. The van der Waals surface area contributed by atoms with Crippen LogP contribution in [-0.4, -0.2) is 17.8 Å². The van der Waals surface area contributed by atoms with E-state index in [4.69, 9.17) is 0 Å². The van der Waals surface area contributed by atoms with Gasteiger partial charge in [0.15, 0.2) is 17.8 Å². The predicted molar refractivity (Wildman–Crippen MR) is 54.1 cm³/mol. The van der Waals surface area contributed by atoms with Gasteiger partial charge >= 0.3 is 29.6 Å². The van der Waals surface area contributed by atoms with Gasteiger partial charge in [-0.3, -0.25) is 14.4 Å². The zero-order valence-electron chi connectivity index (χ0n) is 9.74. The molecule has 0 spiro atoms. The number of allylic oxidation sites excluding steroid dienone is 2. The van der Waals surface area contributed by atoms with E-state index in [1.807, 2.05) is 0 Å². The Kier molecular flexibility index (Phi) is 5.92. The summed E-state index contributed by atoms with van der Waals surface area (Å²) in [5.74, 6) is -1.19. The summed E-state index contributed by atoms with van der Waals surface area (Å²) in [6.07, 6.45) is 4.10. The smallest absolute Gasteiger partial charge is 0.394 e. The molecule has 1 aliphatic heterocycles. The van der Waals surface area contributed by atoms with Crippen molar-refractivity contribution < 1.29 is 43.9 Å². The van der Waals surface area contributed by atoms with Gasteiger partial charge in [-0.1, -0.05) is 19.1 Å². The van der Waals surface area contributed by atoms with Gasteiger partial charge in [0.2, 0.25) is 0 Å². The van der Waals surface area contributed by atoms with Crippen molar-refractivity contribution in [3.63, 3.8) is 0 Å². The number of carbonyl (C=O) groups excluding carboxylic acids is 3. The number of barbiturate groups is 1. The van der Waals surface area contributed by atoms with Crippen LogP contribution in [0.3, 0.4) is 0 Å². The summed E-state index contributed by atoms with van der Waals surface area (Å²) in [7, 11) is 0. The maximum Gasteiger partial charge on any atom is 1.00 e. The number of nitrogens with zero attached hydrogens (tertiary/aromatic N) is 1. The molecule has 1 saturated heterocycles. The van der Waals surface area contributed by atoms with E-state index in [0.717, 1.165) is 0 Å². The average molecular weight is 232 g/mol. The summed E-state index contributed by atoms with van der Waals surface area (Å²) < 4.78 is 0. The molecule has 1 fully saturated rings. The number of carbonyl (C=O) groups is 3. The molecule has 5 nitrogen and oxygen atoms in total. The van der Waals surface area contributed by atoms with Crippen LogP contribution in [0.2, 0.25) is 0 Å². The van der Waals surface area contributed by atoms with E-state index in [2.05, 4.69) is 10.6 Å². The number of hydrogen-bond donors (Lipinski definition) is 1. The molecule has 0 bridgehead atoms. The zero-order chi connectivity index (χ0) is 11.5. The summed E-state index contributed by atoms with van der Waals surface area (Å²) in [4.78, 5) is 34.0. The Morgan fingerprint density at radius 1 is 1.38 bits per heavy atom. The summed E-state index contributed by atoms with van der Waals surface area (Å²) in [5.41, 5.74) is -1.19. The van der Waals surface area contributed by atoms with Gasteiger partial charge in [0.25, 0.3) is 0 Å². The first-order valence-electron chi connectivity index (χ1n) is 4.79. The number of imide groups is 2. The van der Waals surface area contributed by atoms with E-state index in [-0.39, 0.29) is 36.0 Å². The molecule has 0 aromatic heterocycles. The predicted octanol–water partition coefficient (Wildman–Crippen LogP) is -1.50. The van der Waals surface area contributed by atoms with E-state index in [0.29, 0.717) is 6.42 Å². The normalized spacial score (nSPS) is 25.0. The second-order valence-corrected chi connectivity index (χ2v) is 3.39. The van der Waals surface area contributed by atoms with Gasteiger partial charge in [0, 0.05) is 0 Å². The van der Waals surface area contributed by atoms with Gasteiger partial charge in [-0.25, -0.2) is 0 Å². The van der Waals surface area contributed by atoms with Crippen LogP contribution in [0.4, 0.5) is 4.79 Å². The molecule has 82 valence electrons. The van der Waals surface area contributed by atoms with Crippen molar-refractivity contribution >= 4 is 17.8 Å². The van der Waals surface area contributed by atoms with E-state index in [9.17, 15) is 14.4 Å². The monoisotopic (exact) mass is 232 g/mol. The Hall–Kier alpha value is -0.650. The maximum atomic E-state index is 11.6. The third-order valence-electron chi connectivity index (χ3n) is 2.57. The Balaban J connectivity index is 0.00000225. The fourth-order valence-corrected chi connectivity index (χ4v) is 1.50. The van der Waals surface area contributed by atoms with Crippen molar-refractivity contribution in [2.75, 3.05) is 0 Å². The van der Waals surface area contributed by atoms with Gasteiger partial charge in [0.1, 0.15) is 0 Å². The molecule has 1 rings (SSSR count). The fourth-order valence-electron chi connectivity index (χ4n) is 1.50. The SMILES string of the molecule is C/C=C/CC1(CC)C(=O)[N-]C(=O)NC1=O.[Na+]. The Labute approximate surface area is 116 Å². The van der Waals surface area contributed by atoms with Gasteiger partial charge in [-0.2, -0.15) is 0 Å². The van der Waals surface area contributed by atoms with Gasteiger partial charge in [0.05, 0.1) is 5.41 Å². The standard InChI is InChI=1S/C10H14N2O3.Na/c1-3-5-6-10(4-2)7(13)11-9(15)12-8(10)14;/h3,5H,4,6H2,1-2H3,(H2,11,12,13,14,15);/q;+1/p-1/b5-3+;. The summed E-state index contributed by atoms with van der Waals surface area (Å²) in [6.45, 7) is 3.53. The van der Waals surface area contributed by atoms with Crippen LogP contribution in [0.1, 0.15) is 26.7 Å². The van der Waals surface area contributed by atoms with Crippen LogP contribution in [0.15, 0.2) is 12.2 Å². The molecule has 0 aliphatic carbocycles. The Bertz CT molecular complexity index is 319. The molecule has 4 amide bonds. The van der Waals surface area contributed by atoms with Crippen LogP contribution >= 0.6 is 0 Å². The van der Waals surface area contributed by atoms with Gasteiger partial charge in [-0.15, -0.1) is 0 Å². The van der Waals surface area contributed by atoms with E-state index in [1.165, 1.54) is 0 Å². The molecule has 0 aromatic carbocycles. The van der Waals surface area contributed by atoms with Crippen LogP contribution < -0.4 is 34.9 Å². The van der Waals surface area contributed by atoms with E-state index >= 15 is 0 Å². The van der Waals surface area contributed by atoms with Crippen molar-refractivity contribution in [2.45, 2.75) is 26.7 Å². The molecule has 1 N–H and O–H groups in total. The van der Waals surface area contributed by atoms with Crippen LogP contribution in [-0.2, 0) is 9.59 Å². The van der Waals surface area contributed by atoms with Crippen molar-refractivity contribution in [1.82, 2.24) is 5.32 Å². The summed E-state index contributed by atoms with van der Waals surface area (Å²) >= 11 is 0. The molecular weight excluding hydrogens is 219 g/mol. The molecule has 1 atom stereocenters. The van der Waals surface area contributed by atoms with Gasteiger partial charge in [-0.05, 0) is 19.8 Å². The van der Waals surface area contributed by atoms with Crippen LogP contribution in [0.25, 0.3) is 5.32 Å². The Morgan fingerprint density at radius 3 is 2.44 bits per heavy atom. The summed E-state index contributed by atoms with van der Waals surface area (Å²) in [5, 5.41) is 5.33. The Morgan fingerprint density at radius 2 is 2.00 bits per heavy atom. The first kappa shape index (κ1) is 15.3. The molecule has 0 radical (unpaired) electrons. The second-order valence-electron chi connectivity index (χ2n) is 3.39. The summed E-state index contributed by atoms with van der Waals surface area (Å²) in [6, 6.07) is -0.866. The minimum Gasteiger partial charge on any atom is -0.394 e. The number of rotatable bonds is 3. The maximum absolute atomic E-state index is 11.6. The molecule has 1 aliphatic rings. The van der Waals surface area contributed by atoms with Crippen molar-refractivity contribution in [1.29, 1.82) is 0 Å². The quantitative estimate of drug-likeness (QED) is 0.365. The largest absolute Gasteiger partial charge is 1.00 e. The molecule has 1 unspecified atom stereocenters. The minimum atomic E-state index is -1.19. The first-order chi connectivity index (χ1) is 7.06. The van der Waals surface area contributed by atoms with Crippen LogP contribution in [0.5, 0.6) is 0 Å². The third-order valence-corrected chi connectivity index (χ3v) is 2.57.